The molecule has 0 fully saturated rings. The van der Waals surface area contributed by atoms with Crippen molar-refractivity contribution in [3.63, 3.8) is 0 Å². The zero-order valence-corrected chi connectivity index (χ0v) is 34.6. The molecule has 0 atom stereocenters. The second kappa shape index (κ2) is 18.2. The SMILES string of the molecule is N/C(=C\C(=NCc1ccccc1)c1cccc(C(c2ccccc2)(c2ccccc2)c2ccccc2)c1)c1cccc(C(c2ccccc2)(c2ccccc2)c2ccccc2)c1. The molecule has 0 aliphatic carbocycles. The van der Waals surface area contributed by atoms with E-state index in [2.05, 4.69) is 261 Å². The standard InChI is InChI=1S/C60H48N2/c61-57(47-26-22-40-55(42-47)59(49-28-10-2-11-29-49,50-30-12-3-13-31-50)51-32-14-4-15-33-51)44-58(62-45-46-24-8-1-9-25-46)48-27-23-41-56(43-48)60(52-34-16-5-17-35-52,53-36-18-6-19-37-53)54-38-20-7-21-39-54/h1-44H,45,61H2/b57-44-,62-58?. The maximum atomic E-state index is 7.31. The van der Waals surface area contributed by atoms with Gasteiger partial charge in [-0.25, -0.2) is 0 Å². The molecule has 0 bridgehead atoms. The Kier molecular flexibility index (Phi) is 11.6. The zero-order valence-electron chi connectivity index (χ0n) is 34.6. The largest absolute Gasteiger partial charge is 0.398 e. The van der Waals surface area contributed by atoms with Crippen LogP contribution in [0.15, 0.2) is 272 Å². The molecule has 0 saturated heterocycles. The third kappa shape index (κ3) is 7.71. The van der Waals surface area contributed by atoms with Crippen molar-refractivity contribution in [2.45, 2.75) is 17.4 Å². The van der Waals surface area contributed by atoms with Gasteiger partial charge in [-0.15, -0.1) is 0 Å². The summed E-state index contributed by atoms with van der Waals surface area (Å²) >= 11 is 0. The lowest BCUT2D eigenvalue weighted by atomic mass is 9.65. The van der Waals surface area contributed by atoms with E-state index in [9.17, 15) is 0 Å². The molecular formula is C60H48N2. The quantitative estimate of drug-likeness (QED) is 0.0916. The van der Waals surface area contributed by atoms with Crippen LogP contribution in [0, 0.1) is 0 Å². The summed E-state index contributed by atoms with van der Waals surface area (Å²) in [6.45, 7) is 0.505. The number of rotatable bonds is 13. The highest BCUT2D eigenvalue weighted by Crippen LogP contribution is 2.47. The number of nitrogens with two attached hydrogens (primary N) is 1. The zero-order chi connectivity index (χ0) is 42.0. The first-order valence-corrected chi connectivity index (χ1v) is 21.3. The second-order valence-corrected chi connectivity index (χ2v) is 15.6. The number of aliphatic imine (C=N–C) groups is 1. The Bertz CT molecular complexity index is 2700. The van der Waals surface area contributed by atoms with Crippen LogP contribution < -0.4 is 5.73 Å². The van der Waals surface area contributed by atoms with E-state index in [1.165, 1.54) is 33.4 Å². The van der Waals surface area contributed by atoms with Crippen LogP contribution >= 0.6 is 0 Å². The highest BCUT2D eigenvalue weighted by atomic mass is 14.7. The van der Waals surface area contributed by atoms with Gasteiger partial charge in [0.25, 0.3) is 0 Å². The summed E-state index contributed by atoms with van der Waals surface area (Å²) in [5.41, 5.74) is 19.9. The number of nitrogens with zero attached hydrogens (tertiary/aromatic N) is 1. The maximum absolute atomic E-state index is 7.31. The molecule has 9 aromatic rings. The molecule has 2 heteroatoms. The van der Waals surface area contributed by atoms with Gasteiger partial charge in [0.2, 0.25) is 0 Å². The van der Waals surface area contributed by atoms with E-state index >= 15 is 0 Å². The molecule has 9 aromatic carbocycles. The van der Waals surface area contributed by atoms with Crippen molar-refractivity contribution in [2.75, 3.05) is 0 Å². The van der Waals surface area contributed by atoms with E-state index < -0.39 is 10.8 Å². The van der Waals surface area contributed by atoms with E-state index in [1.54, 1.807) is 0 Å². The highest BCUT2D eigenvalue weighted by Gasteiger charge is 2.39. The third-order valence-corrected chi connectivity index (χ3v) is 12.0. The minimum atomic E-state index is -0.608. The molecule has 0 saturated carbocycles. The summed E-state index contributed by atoms with van der Waals surface area (Å²) in [7, 11) is 0. The van der Waals surface area contributed by atoms with Crippen LogP contribution in [0.1, 0.15) is 61.2 Å². The van der Waals surface area contributed by atoms with Crippen molar-refractivity contribution in [3.05, 3.63) is 328 Å². The first kappa shape index (κ1) is 39.6. The minimum Gasteiger partial charge on any atom is -0.398 e. The Morgan fingerprint density at radius 2 is 0.629 bits per heavy atom. The van der Waals surface area contributed by atoms with Crippen LogP contribution in [0.3, 0.4) is 0 Å². The number of hydrogen-bond donors (Lipinski definition) is 1. The summed E-state index contributed by atoms with van der Waals surface area (Å²) in [4.78, 5) is 5.35. The van der Waals surface area contributed by atoms with Gasteiger partial charge in [0.05, 0.1) is 23.1 Å². The molecule has 0 spiro atoms. The van der Waals surface area contributed by atoms with Crippen molar-refractivity contribution in [2.24, 2.45) is 10.7 Å². The molecule has 0 aliphatic heterocycles. The van der Waals surface area contributed by atoms with Crippen LogP contribution in [0.5, 0.6) is 0 Å². The monoisotopic (exact) mass is 796 g/mol. The molecule has 0 radical (unpaired) electrons. The van der Waals surface area contributed by atoms with Crippen LogP contribution in [0.4, 0.5) is 0 Å². The van der Waals surface area contributed by atoms with Crippen molar-refractivity contribution in [1.82, 2.24) is 0 Å². The van der Waals surface area contributed by atoms with Crippen molar-refractivity contribution in [1.29, 1.82) is 0 Å². The van der Waals surface area contributed by atoms with E-state index in [-0.39, 0.29) is 0 Å². The molecule has 0 heterocycles. The molecular weight excluding hydrogens is 749 g/mol. The van der Waals surface area contributed by atoms with Gasteiger partial charge >= 0.3 is 0 Å². The van der Waals surface area contributed by atoms with Gasteiger partial charge in [-0.3, -0.25) is 4.99 Å². The van der Waals surface area contributed by atoms with Crippen LogP contribution in [-0.2, 0) is 17.4 Å². The lowest BCUT2D eigenvalue weighted by Crippen LogP contribution is -2.31. The first-order chi connectivity index (χ1) is 30.7. The molecule has 2 N–H and O–H groups in total. The second-order valence-electron chi connectivity index (χ2n) is 15.6. The predicted octanol–water partition coefficient (Wildman–Crippen LogP) is 13.4. The summed E-state index contributed by atoms with van der Waals surface area (Å²) in [6, 6.07) is 92.8. The molecule has 9 rings (SSSR count). The van der Waals surface area contributed by atoms with E-state index in [4.69, 9.17) is 10.7 Å². The van der Waals surface area contributed by atoms with Crippen molar-refractivity contribution in [3.8, 4) is 0 Å². The summed E-state index contributed by atoms with van der Waals surface area (Å²) in [6.07, 6.45) is 2.06. The molecule has 0 aliphatic rings. The van der Waals surface area contributed by atoms with E-state index in [0.29, 0.717) is 12.2 Å². The lowest BCUT2D eigenvalue weighted by molar-refractivity contribution is 0.744. The maximum Gasteiger partial charge on any atom is 0.0701 e. The molecule has 0 amide bonds. The Balaban J connectivity index is 1.22. The summed E-state index contributed by atoms with van der Waals surface area (Å²) in [5.74, 6) is 0. The molecule has 62 heavy (non-hydrogen) atoms. The Morgan fingerprint density at radius 1 is 0.339 bits per heavy atom. The van der Waals surface area contributed by atoms with Crippen molar-refractivity contribution >= 4 is 11.4 Å². The van der Waals surface area contributed by atoms with Crippen LogP contribution in [0.2, 0.25) is 0 Å². The van der Waals surface area contributed by atoms with E-state index in [0.717, 1.165) is 33.5 Å². The predicted molar refractivity (Wildman–Crippen MR) is 258 cm³/mol. The number of hydrogen-bond acceptors (Lipinski definition) is 2. The van der Waals surface area contributed by atoms with Gasteiger partial charge in [0.1, 0.15) is 0 Å². The molecule has 298 valence electrons. The number of allylic oxidation sites excluding steroid dienone is 1. The Labute approximate surface area is 366 Å². The smallest absolute Gasteiger partial charge is 0.0701 e. The van der Waals surface area contributed by atoms with Gasteiger partial charge in [-0.05, 0) is 73.8 Å². The Morgan fingerprint density at radius 3 is 0.984 bits per heavy atom. The fourth-order valence-electron chi connectivity index (χ4n) is 9.18. The first-order valence-electron chi connectivity index (χ1n) is 21.3. The summed E-state index contributed by atoms with van der Waals surface area (Å²) < 4.78 is 0. The minimum absolute atomic E-state index is 0.505. The van der Waals surface area contributed by atoms with Crippen LogP contribution in [0.25, 0.3) is 5.70 Å². The average molecular weight is 797 g/mol. The normalized spacial score (nSPS) is 12.2. The van der Waals surface area contributed by atoms with Gasteiger partial charge in [0, 0.05) is 11.3 Å². The Hall–Kier alpha value is -7.81. The topological polar surface area (TPSA) is 38.4 Å². The van der Waals surface area contributed by atoms with Gasteiger partial charge in [-0.1, -0.05) is 249 Å². The lowest BCUT2D eigenvalue weighted by Gasteiger charge is -2.37. The fourth-order valence-corrected chi connectivity index (χ4v) is 9.18. The van der Waals surface area contributed by atoms with Gasteiger partial charge in [-0.2, -0.15) is 0 Å². The third-order valence-electron chi connectivity index (χ3n) is 12.0. The van der Waals surface area contributed by atoms with Crippen LogP contribution in [-0.4, -0.2) is 5.71 Å². The fraction of sp³-hybridized carbons (Fsp3) is 0.0500. The van der Waals surface area contributed by atoms with Gasteiger partial charge < -0.3 is 5.73 Å². The van der Waals surface area contributed by atoms with Crippen molar-refractivity contribution < 1.29 is 0 Å². The molecule has 2 nitrogen and oxygen atoms in total. The highest BCUT2D eigenvalue weighted by molar-refractivity contribution is 6.12. The average Bonchev–Trinajstić information content (AvgIpc) is 3.36. The van der Waals surface area contributed by atoms with Gasteiger partial charge in [0.15, 0.2) is 0 Å². The van der Waals surface area contributed by atoms with E-state index in [1.807, 2.05) is 6.07 Å². The number of benzene rings is 9. The molecule has 0 aromatic heterocycles. The molecule has 0 unspecified atom stereocenters. The summed E-state index contributed by atoms with van der Waals surface area (Å²) in [5, 5.41) is 0.